The van der Waals surface area contributed by atoms with Crippen LogP contribution >= 0.6 is 39.3 Å². The zero-order valence-corrected chi connectivity index (χ0v) is 15.4. The first-order valence-electron chi connectivity index (χ1n) is 7.17. The predicted octanol–water partition coefficient (Wildman–Crippen LogP) is 5.07. The second-order valence-electron chi connectivity index (χ2n) is 5.09. The molecule has 4 rings (SSSR count). The van der Waals surface area contributed by atoms with Crippen LogP contribution in [0.15, 0.2) is 57.4 Å². The number of hydrogen-bond acceptors (Lipinski definition) is 5. The number of halogens is 2. The molecule has 1 aliphatic carbocycles. The Bertz CT molecular complexity index is 944. The van der Waals surface area contributed by atoms with Crippen molar-refractivity contribution in [2.24, 2.45) is 0 Å². The standard InChI is InChI=1S/C17H10BrClN4S/c18-15-8-22-16(9-21-15)24-14-6-1-3-10(17(14)19)13-7-20-11-4-2-5-12(11)23-13/h1-3,5-9H,4H2. The van der Waals surface area contributed by atoms with Gasteiger partial charge < -0.3 is 0 Å². The Morgan fingerprint density at radius 1 is 1.08 bits per heavy atom. The first-order valence-corrected chi connectivity index (χ1v) is 9.16. The van der Waals surface area contributed by atoms with Crippen molar-refractivity contribution in [3.05, 3.63) is 63.9 Å². The molecule has 0 unspecified atom stereocenters. The molecule has 0 atom stereocenters. The quantitative estimate of drug-likeness (QED) is 0.595. The van der Waals surface area contributed by atoms with Gasteiger partial charge in [0.1, 0.15) is 9.63 Å². The number of fused-ring (bicyclic) bond motifs is 1. The van der Waals surface area contributed by atoms with Crippen molar-refractivity contribution in [3.63, 3.8) is 0 Å². The molecule has 1 aromatic carbocycles. The molecule has 0 N–H and O–H groups in total. The highest BCUT2D eigenvalue weighted by Crippen LogP contribution is 2.38. The Labute approximate surface area is 156 Å². The average molecular weight is 418 g/mol. The van der Waals surface area contributed by atoms with Crippen LogP contribution in [0.25, 0.3) is 17.3 Å². The predicted molar refractivity (Wildman–Crippen MR) is 99.1 cm³/mol. The fraction of sp³-hybridized carbons (Fsp3) is 0.0588. The molecule has 7 heteroatoms. The van der Waals surface area contributed by atoms with E-state index in [-0.39, 0.29) is 0 Å². The van der Waals surface area contributed by atoms with E-state index >= 15 is 0 Å². The van der Waals surface area contributed by atoms with Crippen molar-refractivity contribution in [1.29, 1.82) is 0 Å². The summed E-state index contributed by atoms with van der Waals surface area (Å²) in [6, 6.07) is 5.87. The van der Waals surface area contributed by atoms with Gasteiger partial charge in [-0.15, -0.1) is 0 Å². The van der Waals surface area contributed by atoms with Gasteiger partial charge in [-0.2, -0.15) is 0 Å². The van der Waals surface area contributed by atoms with Crippen LogP contribution in [0, 0.1) is 0 Å². The molecule has 1 aliphatic rings. The first kappa shape index (κ1) is 15.7. The molecule has 0 saturated heterocycles. The Kier molecular flexibility index (Phi) is 4.35. The number of allylic oxidation sites excluding steroid dienone is 1. The molecule has 24 heavy (non-hydrogen) atoms. The van der Waals surface area contributed by atoms with Gasteiger partial charge >= 0.3 is 0 Å². The highest BCUT2D eigenvalue weighted by molar-refractivity contribution is 9.10. The Balaban J connectivity index is 1.70. The van der Waals surface area contributed by atoms with Gasteiger partial charge in [0, 0.05) is 16.9 Å². The molecule has 118 valence electrons. The number of nitrogens with zero attached hydrogens (tertiary/aromatic N) is 4. The van der Waals surface area contributed by atoms with Crippen LogP contribution in [0.1, 0.15) is 11.4 Å². The lowest BCUT2D eigenvalue weighted by Gasteiger charge is -2.09. The summed E-state index contributed by atoms with van der Waals surface area (Å²) in [4.78, 5) is 18.6. The number of aromatic nitrogens is 4. The average Bonchev–Trinajstić information content (AvgIpc) is 3.06. The highest BCUT2D eigenvalue weighted by atomic mass is 79.9. The molecular formula is C17H10BrClN4S. The third-order valence-electron chi connectivity index (χ3n) is 3.52. The fourth-order valence-electron chi connectivity index (χ4n) is 2.38. The van der Waals surface area contributed by atoms with Gasteiger partial charge in [-0.05, 0) is 28.1 Å². The van der Waals surface area contributed by atoms with Crippen molar-refractivity contribution in [1.82, 2.24) is 19.9 Å². The summed E-state index contributed by atoms with van der Waals surface area (Å²) >= 11 is 11.4. The maximum Gasteiger partial charge on any atom is 0.124 e. The number of rotatable bonds is 3. The van der Waals surface area contributed by atoms with E-state index in [4.69, 9.17) is 11.6 Å². The van der Waals surface area contributed by atoms with E-state index in [2.05, 4.69) is 41.9 Å². The summed E-state index contributed by atoms with van der Waals surface area (Å²) in [5, 5.41) is 1.42. The Hall–Kier alpha value is -1.76. The van der Waals surface area contributed by atoms with E-state index in [0.717, 1.165) is 39.0 Å². The van der Waals surface area contributed by atoms with Crippen molar-refractivity contribution < 1.29 is 0 Å². The summed E-state index contributed by atoms with van der Waals surface area (Å²) in [5.41, 5.74) is 3.56. The molecular weight excluding hydrogens is 408 g/mol. The van der Waals surface area contributed by atoms with Crippen LogP contribution in [0.3, 0.4) is 0 Å². The molecule has 3 aromatic rings. The van der Waals surface area contributed by atoms with Gasteiger partial charge in [-0.1, -0.05) is 41.6 Å². The van der Waals surface area contributed by atoms with Crippen LogP contribution in [-0.4, -0.2) is 19.9 Å². The maximum absolute atomic E-state index is 6.61. The SMILES string of the molecule is Clc1c(Sc2cnc(Br)cn2)cccc1-c1cnc2c(n1)C=CC2. The normalized spacial score (nSPS) is 12.4. The van der Waals surface area contributed by atoms with Crippen molar-refractivity contribution >= 4 is 45.4 Å². The van der Waals surface area contributed by atoms with Gasteiger partial charge in [-0.25, -0.2) is 15.0 Å². The van der Waals surface area contributed by atoms with Gasteiger partial charge in [0.05, 0.1) is 40.7 Å². The summed E-state index contributed by atoms with van der Waals surface area (Å²) in [5.74, 6) is 0. The minimum atomic E-state index is 0.642. The lowest BCUT2D eigenvalue weighted by atomic mass is 10.1. The lowest BCUT2D eigenvalue weighted by Crippen LogP contribution is -1.95. The Morgan fingerprint density at radius 2 is 2.00 bits per heavy atom. The zero-order chi connectivity index (χ0) is 16.5. The summed E-state index contributed by atoms with van der Waals surface area (Å²) < 4.78 is 0.702. The van der Waals surface area contributed by atoms with E-state index in [1.807, 2.05) is 24.3 Å². The van der Waals surface area contributed by atoms with Gasteiger partial charge in [0.15, 0.2) is 0 Å². The molecule has 0 spiro atoms. The van der Waals surface area contributed by atoms with Gasteiger partial charge in [0.2, 0.25) is 0 Å². The van der Waals surface area contributed by atoms with Crippen LogP contribution in [-0.2, 0) is 6.42 Å². The monoisotopic (exact) mass is 416 g/mol. The van der Waals surface area contributed by atoms with E-state index < -0.39 is 0 Å². The number of benzene rings is 1. The third kappa shape index (κ3) is 3.09. The Morgan fingerprint density at radius 3 is 2.83 bits per heavy atom. The smallest absolute Gasteiger partial charge is 0.124 e. The van der Waals surface area contributed by atoms with Gasteiger partial charge in [0.25, 0.3) is 0 Å². The van der Waals surface area contributed by atoms with E-state index in [1.54, 1.807) is 18.6 Å². The molecule has 0 amide bonds. The van der Waals surface area contributed by atoms with Crippen molar-refractivity contribution in [3.8, 4) is 11.3 Å². The molecule has 0 bridgehead atoms. The number of hydrogen-bond donors (Lipinski definition) is 0. The molecule has 0 radical (unpaired) electrons. The van der Waals surface area contributed by atoms with Crippen LogP contribution in [0.4, 0.5) is 0 Å². The fourth-order valence-corrected chi connectivity index (χ4v) is 3.71. The highest BCUT2D eigenvalue weighted by Gasteiger charge is 2.14. The van der Waals surface area contributed by atoms with Crippen LogP contribution in [0.2, 0.25) is 5.02 Å². The second-order valence-corrected chi connectivity index (χ2v) is 7.34. The topological polar surface area (TPSA) is 51.6 Å². The summed E-state index contributed by atoms with van der Waals surface area (Å²) in [7, 11) is 0. The summed E-state index contributed by atoms with van der Waals surface area (Å²) in [6.07, 6.45) is 10.1. The largest absolute Gasteiger partial charge is 0.256 e. The minimum Gasteiger partial charge on any atom is -0.256 e. The zero-order valence-electron chi connectivity index (χ0n) is 12.3. The minimum absolute atomic E-state index is 0.642. The molecule has 0 saturated carbocycles. The van der Waals surface area contributed by atoms with Crippen LogP contribution < -0.4 is 0 Å². The molecule has 2 aromatic heterocycles. The molecule has 2 heterocycles. The molecule has 0 fully saturated rings. The van der Waals surface area contributed by atoms with Crippen LogP contribution in [0.5, 0.6) is 0 Å². The van der Waals surface area contributed by atoms with Gasteiger partial charge in [-0.3, -0.25) is 4.98 Å². The molecule has 0 aliphatic heterocycles. The van der Waals surface area contributed by atoms with E-state index in [1.165, 1.54) is 11.8 Å². The van der Waals surface area contributed by atoms with Crippen molar-refractivity contribution in [2.75, 3.05) is 0 Å². The second kappa shape index (κ2) is 6.63. The third-order valence-corrected chi connectivity index (χ3v) is 5.43. The van der Waals surface area contributed by atoms with Crippen molar-refractivity contribution in [2.45, 2.75) is 16.3 Å². The maximum atomic E-state index is 6.61. The lowest BCUT2D eigenvalue weighted by molar-refractivity contribution is 1.03. The first-order chi connectivity index (χ1) is 11.7. The molecule has 4 nitrogen and oxygen atoms in total. The summed E-state index contributed by atoms with van der Waals surface area (Å²) in [6.45, 7) is 0. The van der Waals surface area contributed by atoms with E-state index in [9.17, 15) is 0 Å². The van der Waals surface area contributed by atoms with E-state index in [0.29, 0.717) is 9.63 Å².